The number of benzene rings is 2. The van der Waals surface area contributed by atoms with Crippen molar-refractivity contribution in [3.63, 3.8) is 0 Å². The van der Waals surface area contributed by atoms with Crippen molar-refractivity contribution in [2.24, 2.45) is 0 Å². The van der Waals surface area contributed by atoms with Gasteiger partial charge >= 0.3 is 0 Å². The van der Waals surface area contributed by atoms with Gasteiger partial charge in [-0.3, -0.25) is 0 Å². The molecular weight excluding hydrogens is 242 g/mol. The van der Waals surface area contributed by atoms with Crippen LogP contribution in [0, 0.1) is 6.92 Å². The van der Waals surface area contributed by atoms with Gasteiger partial charge in [-0.2, -0.15) is 0 Å². The van der Waals surface area contributed by atoms with Crippen LogP contribution >= 0.6 is 0 Å². The Bertz CT molecular complexity index is 529. The molecule has 0 aliphatic carbocycles. The topological polar surface area (TPSA) is 12.0 Å². The minimum absolute atomic E-state index is 0.562. The highest BCUT2D eigenvalue weighted by Gasteiger charge is 2.08. The van der Waals surface area contributed by atoms with E-state index in [1.807, 2.05) is 0 Å². The molecule has 1 N–H and O–H groups in total. The van der Waals surface area contributed by atoms with Gasteiger partial charge in [0.15, 0.2) is 0 Å². The third-order valence-corrected chi connectivity index (χ3v) is 3.71. The van der Waals surface area contributed by atoms with Crippen molar-refractivity contribution < 1.29 is 0 Å². The quantitative estimate of drug-likeness (QED) is 0.712. The second-order valence-corrected chi connectivity index (χ2v) is 5.71. The van der Waals surface area contributed by atoms with Crippen molar-refractivity contribution in [2.45, 2.75) is 39.5 Å². The fourth-order valence-corrected chi connectivity index (χ4v) is 2.56. The van der Waals surface area contributed by atoms with Crippen molar-refractivity contribution in [1.29, 1.82) is 0 Å². The molecule has 20 heavy (non-hydrogen) atoms. The van der Waals surface area contributed by atoms with E-state index in [0.29, 0.717) is 5.92 Å². The molecule has 0 saturated heterocycles. The van der Waals surface area contributed by atoms with Gasteiger partial charge in [0.05, 0.1) is 0 Å². The van der Waals surface area contributed by atoms with Crippen molar-refractivity contribution in [3.8, 4) is 0 Å². The van der Waals surface area contributed by atoms with Gasteiger partial charge in [-0.05, 0) is 42.4 Å². The molecule has 0 spiro atoms. The third-order valence-electron chi connectivity index (χ3n) is 3.71. The molecule has 0 atom stereocenters. The number of hydrogen-bond acceptors (Lipinski definition) is 1. The number of aryl methyl sites for hydroxylation is 2. The average molecular weight is 267 g/mol. The molecule has 106 valence electrons. The normalized spacial score (nSPS) is 10.8. The van der Waals surface area contributed by atoms with E-state index in [4.69, 9.17) is 0 Å². The predicted molar refractivity (Wildman–Crippen MR) is 88.5 cm³/mol. The first-order chi connectivity index (χ1) is 9.68. The monoisotopic (exact) mass is 267 g/mol. The van der Waals surface area contributed by atoms with Crippen LogP contribution in [0.5, 0.6) is 0 Å². The maximum atomic E-state index is 3.63. The Morgan fingerprint density at radius 1 is 0.950 bits per heavy atom. The number of para-hydroxylation sites is 1. The maximum absolute atomic E-state index is 3.63. The van der Waals surface area contributed by atoms with Crippen molar-refractivity contribution >= 4 is 5.69 Å². The van der Waals surface area contributed by atoms with E-state index in [0.717, 1.165) is 19.4 Å². The van der Waals surface area contributed by atoms with E-state index in [1.165, 1.54) is 22.4 Å². The van der Waals surface area contributed by atoms with Gasteiger partial charge in [-0.25, -0.2) is 0 Å². The Kier molecular flexibility index (Phi) is 5.23. The van der Waals surface area contributed by atoms with E-state index in [9.17, 15) is 0 Å². The van der Waals surface area contributed by atoms with Crippen LogP contribution in [0.3, 0.4) is 0 Å². The van der Waals surface area contributed by atoms with E-state index in [-0.39, 0.29) is 0 Å². The van der Waals surface area contributed by atoms with Crippen LogP contribution in [-0.4, -0.2) is 6.54 Å². The van der Waals surface area contributed by atoms with E-state index in [2.05, 4.69) is 74.6 Å². The summed E-state index contributed by atoms with van der Waals surface area (Å²) in [6, 6.07) is 17.3. The number of nitrogens with one attached hydrogen (secondary N) is 1. The SMILES string of the molecule is Cc1cccc(C(C)C)c1NCCCc1ccccc1. The molecule has 1 heteroatoms. The lowest BCUT2D eigenvalue weighted by molar-refractivity contribution is 0.840. The fraction of sp³-hybridized carbons (Fsp3) is 0.368. The van der Waals surface area contributed by atoms with Crippen molar-refractivity contribution in [1.82, 2.24) is 0 Å². The summed E-state index contributed by atoms with van der Waals surface area (Å²) in [5.41, 5.74) is 5.51. The van der Waals surface area contributed by atoms with Gasteiger partial charge in [0.25, 0.3) is 0 Å². The molecule has 2 rings (SSSR count). The molecular formula is C19H25N. The Balaban J connectivity index is 1.91. The van der Waals surface area contributed by atoms with Crippen LogP contribution in [-0.2, 0) is 6.42 Å². The highest BCUT2D eigenvalue weighted by atomic mass is 14.9. The maximum Gasteiger partial charge on any atom is 0.0405 e. The smallest absolute Gasteiger partial charge is 0.0405 e. The lowest BCUT2D eigenvalue weighted by atomic mass is 9.98. The summed E-state index contributed by atoms with van der Waals surface area (Å²) in [7, 11) is 0. The second-order valence-electron chi connectivity index (χ2n) is 5.71. The third kappa shape index (κ3) is 3.86. The Hall–Kier alpha value is -1.76. The van der Waals surface area contributed by atoms with Gasteiger partial charge in [0.1, 0.15) is 0 Å². The molecule has 0 aromatic heterocycles. The summed E-state index contributed by atoms with van der Waals surface area (Å²) in [5, 5.41) is 3.63. The largest absolute Gasteiger partial charge is 0.385 e. The van der Waals surface area contributed by atoms with Crippen LogP contribution in [0.25, 0.3) is 0 Å². The van der Waals surface area contributed by atoms with Crippen molar-refractivity contribution in [2.75, 3.05) is 11.9 Å². The van der Waals surface area contributed by atoms with E-state index >= 15 is 0 Å². The minimum Gasteiger partial charge on any atom is -0.385 e. The molecule has 0 amide bonds. The van der Waals surface area contributed by atoms with Crippen molar-refractivity contribution in [3.05, 3.63) is 65.2 Å². The number of hydrogen-bond donors (Lipinski definition) is 1. The van der Waals surface area contributed by atoms with Crippen LogP contribution in [0.15, 0.2) is 48.5 Å². The molecule has 0 unspecified atom stereocenters. The molecule has 0 fully saturated rings. The van der Waals surface area contributed by atoms with E-state index in [1.54, 1.807) is 0 Å². The van der Waals surface area contributed by atoms with Crippen LogP contribution < -0.4 is 5.32 Å². The summed E-state index contributed by atoms with van der Waals surface area (Å²) < 4.78 is 0. The Morgan fingerprint density at radius 3 is 2.40 bits per heavy atom. The van der Waals surface area contributed by atoms with Gasteiger partial charge < -0.3 is 5.32 Å². The molecule has 2 aromatic carbocycles. The van der Waals surface area contributed by atoms with Crippen LogP contribution in [0.1, 0.15) is 42.9 Å². The van der Waals surface area contributed by atoms with Crippen LogP contribution in [0.4, 0.5) is 5.69 Å². The summed E-state index contributed by atoms with van der Waals surface area (Å²) >= 11 is 0. The molecule has 0 bridgehead atoms. The second kappa shape index (κ2) is 7.14. The lowest BCUT2D eigenvalue weighted by Crippen LogP contribution is -2.07. The highest BCUT2D eigenvalue weighted by Crippen LogP contribution is 2.27. The number of rotatable bonds is 6. The fourth-order valence-electron chi connectivity index (χ4n) is 2.56. The zero-order chi connectivity index (χ0) is 14.4. The molecule has 0 saturated carbocycles. The summed E-state index contributed by atoms with van der Waals surface area (Å²) in [6.45, 7) is 7.72. The highest BCUT2D eigenvalue weighted by molar-refractivity contribution is 5.58. The molecule has 2 aromatic rings. The first-order valence-corrected chi connectivity index (χ1v) is 7.56. The molecule has 0 radical (unpaired) electrons. The first kappa shape index (κ1) is 14.6. The van der Waals surface area contributed by atoms with Gasteiger partial charge in [-0.15, -0.1) is 0 Å². The molecule has 0 aliphatic heterocycles. The standard InChI is InChI=1S/C19H25N/c1-15(2)18-13-7-9-16(3)19(18)20-14-8-12-17-10-5-4-6-11-17/h4-7,9-11,13,15,20H,8,12,14H2,1-3H3. The summed E-state index contributed by atoms with van der Waals surface area (Å²) in [4.78, 5) is 0. The molecule has 0 heterocycles. The summed E-state index contributed by atoms with van der Waals surface area (Å²) in [6.07, 6.45) is 2.30. The zero-order valence-electron chi connectivity index (χ0n) is 12.8. The van der Waals surface area contributed by atoms with Gasteiger partial charge in [0, 0.05) is 12.2 Å². The molecule has 1 nitrogen and oxygen atoms in total. The van der Waals surface area contributed by atoms with Crippen LogP contribution in [0.2, 0.25) is 0 Å². The first-order valence-electron chi connectivity index (χ1n) is 7.56. The number of anilines is 1. The summed E-state index contributed by atoms with van der Waals surface area (Å²) in [5.74, 6) is 0.562. The van der Waals surface area contributed by atoms with Gasteiger partial charge in [0.2, 0.25) is 0 Å². The minimum atomic E-state index is 0.562. The zero-order valence-corrected chi connectivity index (χ0v) is 12.8. The predicted octanol–water partition coefficient (Wildman–Crippen LogP) is 5.16. The average Bonchev–Trinajstić information content (AvgIpc) is 2.45. The Labute approximate surface area is 123 Å². The molecule has 0 aliphatic rings. The van der Waals surface area contributed by atoms with Gasteiger partial charge in [-0.1, -0.05) is 62.4 Å². The lowest BCUT2D eigenvalue weighted by Gasteiger charge is -2.17. The van der Waals surface area contributed by atoms with E-state index < -0.39 is 0 Å². The Morgan fingerprint density at radius 2 is 1.70 bits per heavy atom.